The predicted octanol–water partition coefficient (Wildman–Crippen LogP) is 1.18. The Hall–Kier alpha value is -4.01. The van der Waals surface area contributed by atoms with Gasteiger partial charge in [0.2, 0.25) is 11.8 Å². The van der Waals surface area contributed by atoms with Crippen LogP contribution in [-0.4, -0.2) is 41.0 Å². The fraction of sp³-hybridized carbons (Fsp3) is 0.227. The highest BCUT2D eigenvalue weighted by Gasteiger charge is 2.12. The minimum Gasteiger partial charge on any atom is -0.468 e. The van der Waals surface area contributed by atoms with Crippen molar-refractivity contribution < 1.29 is 19.1 Å². The number of carbonyl (C=O) groups is 3. The summed E-state index contributed by atoms with van der Waals surface area (Å²) in [6, 6.07) is 13.7. The Morgan fingerprint density at radius 1 is 1.03 bits per heavy atom. The van der Waals surface area contributed by atoms with Gasteiger partial charge in [0.1, 0.15) is 18.9 Å². The van der Waals surface area contributed by atoms with Gasteiger partial charge in [-0.1, -0.05) is 24.3 Å². The van der Waals surface area contributed by atoms with Crippen LogP contribution < -0.4 is 16.2 Å². The molecule has 2 amide bonds. The van der Waals surface area contributed by atoms with Crippen LogP contribution in [0.15, 0.2) is 53.3 Å². The van der Waals surface area contributed by atoms with Crippen LogP contribution in [-0.2, 0) is 32.1 Å². The molecule has 0 bridgehead atoms. The lowest BCUT2D eigenvalue weighted by Gasteiger charge is -2.11. The summed E-state index contributed by atoms with van der Waals surface area (Å²) in [5.74, 6) is -0.763. The van der Waals surface area contributed by atoms with Crippen LogP contribution in [0.1, 0.15) is 11.4 Å². The Kier molecular flexibility index (Phi) is 6.76. The number of methoxy groups -OCH3 is 1. The zero-order chi connectivity index (χ0) is 22.4. The highest BCUT2D eigenvalue weighted by Crippen LogP contribution is 2.11. The first-order valence-electron chi connectivity index (χ1n) is 9.56. The quantitative estimate of drug-likeness (QED) is 0.552. The monoisotopic (exact) mass is 422 g/mol. The van der Waals surface area contributed by atoms with Crippen LogP contribution in [0.3, 0.4) is 0 Å². The summed E-state index contributed by atoms with van der Waals surface area (Å²) in [7, 11) is 1.25. The molecule has 0 unspecified atom stereocenters. The van der Waals surface area contributed by atoms with E-state index >= 15 is 0 Å². The molecule has 0 saturated carbocycles. The highest BCUT2D eigenvalue weighted by atomic mass is 16.5. The van der Waals surface area contributed by atoms with Crippen molar-refractivity contribution in [2.24, 2.45) is 0 Å². The molecule has 0 radical (unpaired) electrons. The van der Waals surface area contributed by atoms with Crippen LogP contribution >= 0.6 is 0 Å². The summed E-state index contributed by atoms with van der Waals surface area (Å²) in [5, 5.41) is 5.64. The Morgan fingerprint density at radius 3 is 2.45 bits per heavy atom. The molecule has 0 aliphatic carbocycles. The molecule has 3 rings (SSSR count). The Labute approximate surface area is 178 Å². The van der Waals surface area contributed by atoms with E-state index in [0.29, 0.717) is 28.0 Å². The molecule has 2 N–H and O–H groups in total. The van der Waals surface area contributed by atoms with Gasteiger partial charge in [0, 0.05) is 5.69 Å². The van der Waals surface area contributed by atoms with Crippen molar-refractivity contribution in [1.82, 2.24) is 14.9 Å². The van der Waals surface area contributed by atoms with E-state index in [2.05, 4.69) is 20.4 Å². The van der Waals surface area contributed by atoms with Crippen LogP contribution in [0, 0.1) is 6.92 Å². The normalized spacial score (nSPS) is 10.5. The Bertz CT molecular complexity index is 1180. The zero-order valence-corrected chi connectivity index (χ0v) is 17.2. The molecule has 2 aromatic carbocycles. The van der Waals surface area contributed by atoms with Crippen molar-refractivity contribution in [2.45, 2.75) is 19.9 Å². The van der Waals surface area contributed by atoms with Gasteiger partial charge < -0.3 is 15.4 Å². The van der Waals surface area contributed by atoms with Crippen molar-refractivity contribution >= 4 is 34.4 Å². The Morgan fingerprint density at radius 2 is 1.74 bits per heavy atom. The van der Waals surface area contributed by atoms with E-state index in [-0.39, 0.29) is 36.9 Å². The largest absolute Gasteiger partial charge is 0.468 e. The molecule has 31 heavy (non-hydrogen) atoms. The first-order valence-corrected chi connectivity index (χ1v) is 9.56. The first kappa shape index (κ1) is 21.7. The lowest BCUT2D eigenvalue weighted by atomic mass is 10.1. The number of nitrogens with zero attached hydrogens (tertiary/aromatic N) is 2. The van der Waals surface area contributed by atoms with E-state index in [1.165, 1.54) is 11.7 Å². The average Bonchev–Trinajstić information content (AvgIpc) is 2.76. The van der Waals surface area contributed by atoms with E-state index in [9.17, 15) is 19.2 Å². The van der Waals surface area contributed by atoms with Crippen LogP contribution in [0.4, 0.5) is 5.69 Å². The van der Waals surface area contributed by atoms with Gasteiger partial charge in [-0.05, 0) is 36.8 Å². The van der Waals surface area contributed by atoms with E-state index in [0.717, 1.165) is 0 Å². The second kappa shape index (κ2) is 9.66. The van der Waals surface area contributed by atoms with Gasteiger partial charge in [0.25, 0.3) is 5.56 Å². The van der Waals surface area contributed by atoms with E-state index in [4.69, 9.17) is 0 Å². The molecule has 0 atom stereocenters. The molecule has 9 nitrogen and oxygen atoms in total. The number of esters is 1. The van der Waals surface area contributed by atoms with Crippen LogP contribution in [0.2, 0.25) is 0 Å². The average molecular weight is 422 g/mol. The molecule has 0 saturated heterocycles. The maximum atomic E-state index is 12.7. The smallest absolute Gasteiger partial charge is 0.325 e. The maximum Gasteiger partial charge on any atom is 0.325 e. The number of ether oxygens (including phenoxy) is 1. The van der Waals surface area contributed by atoms with Crippen molar-refractivity contribution in [3.05, 3.63) is 70.3 Å². The van der Waals surface area contributed by atoms with E-state index in [1.54, 1.807) is 55.5 Å². The summed E-state index contributed by atoms with van der Waals surface area (Å²) < 4.78 is 5.79. The number of carbonyl (C=O) groups excluding carboxylic acids is 3. The Balaban J connectivity index is 1.61. The van der Waals surface area contributed by atoms with E-state index < -0.39 is 5.97 Å². The number of fused-ring (bicyclic) bond motifs is 1. The number of para-hydroxylation sites is 1. The zero-order valence-electron chi connectivity index (χ0n) is 17.2. The molecule has 0 aliphatic rings. The fourth-order valence-electron chi connectivity index (χ4n) is 3.01. The molecule has 0 spiro atoms. The predicted molar refractivity (Wildman–Crippen MR) is 115 cm³/mol. The van der Waals surface area contributed by atoms with Crippen LogP contribution in [0.5, 0.6) is 0 Å². The molecule has 0 fully saturated rings. The molecular weight excluding hydrogens is 400 g/mol. The second-order valence-corrected chi connectivity index (χ2v) is 6.84. The number of aryl methyl sites for hydroxylation is 1. The lowest BCUT2D eigenvalue weighted by Crippen LogP contribution is -2.31. The number of aromatic nitrogens is 2. The van der Waals surface area contributed by atoms with Gasteiger partial charge in [-0.25, -0.2) is 4.98 Å². The van der Waals surface area contributed by atoms with Gasteiger partial charge in [0.05, 0.1) is 24.4 Å². The third kappa shape index (κ3) is 5.53. The number of nitrogens with one attached hydrogen (secondary N) is 2. The van der Waals surface area contributed by atoms with Crippen LogP contribution in [0.25, 0.3) is 10.9 Å². The third-order valence-electron chi connectivity index (χ3n) is 4.61. The molecule has 1 aromatic heterocycles. The molecule has 3 aromatic rings. The topological polar surface area (TPSA) is 119 Å². The summed E-state index contributed by atoms with van der Waals surface area (Å²) in [6.07, 6.45) is 0.0859. The van der Waals surface area contributed by atoms with Crippen molar-refractivity contribution in [3.63, 3.8) is 0 Å². The summed E-state index contributed by atoms with van der Waals surface area (Å²) in [5.41, 5.74) is 1.56. The van der Waals surface area contributed by atoms with Crippen molar-refractivity contribution in [2.75, 3.05) is 19.0 Å². The number of rotatable bonds is 7. The summed E-state index contributed by atoms with van der Waals surface area (Å²) in [4.78, 5) is 52.4. The van der Waals surface area contributed by atoms with Gasteiger partial charge in [0.15, 0.2) is 0 Å². The minimum absolute atomic E-state index is 0.0859. The SMILES string of the molecule is COC(=O)CNC(=O)Cc1ccc(NC(=O)Cn2c(C)nc3ccccc3c2=O)cc1. The number of hydrogen-bond donors (Lipinski definition) is 2. The first-order chi connectivity index (χ1) is 14.9. The van der Waals surface area contributed by atoms with E-state index in [1.807, 2.05) is 0 Å². The number of hydrogen-bond acceptors (Lipinski definition) is 6. The molecular formula is C22H22N4O5. The van der Waals surface area contributed by atoms with Gasteiger partial charge in [-0.3, -0.25) is 23.7 Å². The number of benzene rings is 2. The highest BCUT2D eigenvalue weighted by molar-refractivity contribution is 5.91. The second-order valence-electron chi connectivity index (χ2n) is 6.84. The number of amides is 2. The molecule has 0 aliphatic heterocycles. The van der Waals surface area contributed by atoms with Crippen molar-refractivity contribution in [1.29, 1.82) is 0 Å². The third-order valence-corrected chi connectivity index (χ3v) is 4.61. The van der Waals surface area contributed by atoms with Gasteiger partial charge in [-0.15, -0.1) is 0 Å². The summed E-state index contributed by atoms with van der Waals surface area (Å²) in [6.45, 7) is 1.33. The maximum absolute atomic E-state index is 12.7. The lowest BCUT2D eigenvalue weighted by molar-refractivity contribution is -0.141. The fourth-order valence-corrected chi connectivity index (χ4v) is 3.01. The minimum atomic E-state index is -0.526. The molecule has 9 heteroatoms. The van der Waals surface area contributed by atoms with Crippen molar-refractivity contribution in [3.8, 4) is 0 Å². The standard InChI is InChI=1S/C22H22N4O5/c1-14-24-18-6-4-3-5-17(18)22(30)26(14)13-20(28)25-16-9-7-15(8-10-16)11-19(27)23-12-21(29)31-2/h3-10H,11-13H2,1-2H3,(H,23,27)(H,25,28). The van der Waals surface area contributed by atoms with Gasteiger partial charge in [-0.2, -0.15) is 0 Å². The summed E-state index contributed by atoms with van der Waals surface area (Å²) >= 11 is 0. The molecule has 160 valence electrons. The molecule has 1 heterocycles. The number of anilines is 1. The van der Waals surface area contributed by atoms with Gasteiger partial charge >= 0.3 is 5.97 Å².